The predicted octanol–water partition coefficient (Wildman–Crippen LogP) is 1.05. The zero-order valence-corrected chi connectivity index (χ0v) is 13.0. The molecule has 0 amide bonds. The van der Waals surface area contributed by atoms with Gasteiger partial charge in [-0.3, -0.25) is 0 Å². The van der Waals surface area contributed by atoms with Gasteiger partial charge in [-0.15, -0.1) is 0 Å². The molecule has 0 aliphatic carbocycles. The Morgan fingerprint density at radius 1 is 1.33 bits per heavy atom. The summed E-state index contributed by atoms with van der Waals surface area (Å²) in [6.07, 6.45) is 1.13. The van der Waals surface area contributed by atoms with Crippen molar-refractivity contribution in [3.63, 3.8) is 0 Å². The molecule has 1 aromatic rings. The van der Waals surface area contributed by atoms with Crippen molar-refractivity contribution in [3.05, 3.63) is 35.4 Å². The lowest BCUT2D eigenvalue weighted by Crippen LogP contribution is -2.33. The van der Waals surface area contributed by atoms with Gasteiger partial charge in [0.2, 0.25) is 10.0 Å². The molecule has 0 heterocycles. The first-order chi connectivity index (χ1) is 9.88. The van der Waals surface area contributed by atoms with E-state index in [2.05, 4.69) is 9.46 Å². The Morgan fingerprint density at radius 3 is 2.48 bits per heavy atom. The minimum absolute atomic E-state index is 0.0427. The summed E-state index contributed by atoms with van der Waals surface area (Å²) in [5.41, 5.74) is 0.965. The van der Waals surface area contributed by atoms with E-state index in [-0.39, 0.29) is 18.4 Å². The third kappa shape index (κ3) is 6.24. The number of benzene rings is 1. The lowest BCUT2D eigenvalue weighted by atomic mass is 10.1. The van der Waals surface area contributed by atoms with Crippen LogP contribution in [0.3, 0.4) is 0 Å². The zero-order chi connectivity index (χ0) is 15.9. The second kappa shape index (κ2) is 8.11. The lowest BCUT2D eigenvalue weighted by Gasteiger charge is -2.13. The van der Waals surface area contributed by atoms with E-state index in [9.17, 15) is 13.2 Å². The van der Waals surface area contributed by atoms with Crippen LogP contribution in [-0.2, 0) is 20.5 Å². The molecule has 118 valence electrons. The van der Waals surface area contributed by atoms with Crippen LogP contribution in [0.15, 0.2) is 24.3 Å². The van der Waals surface area contributed by atoms with Gasteiger partial charge in [0, 0.05) is 12.6 Å². The Kier molecular flexibility index (Phi) is 6.80. The van der Waals surface area contributed by atoms with Gasteiger partial charge in [0.15, 0.2) is 0 Å². The Labute approximate surface area is 125 Å². The molecule has 1 unspecified atom stereocenters. The molecule has 0 aliphatic rings. The summed E-state index contributed by atoms with van der Waals surface area (Å²) in [5.74, 6) is -0.613. The first-order valence-electron chi connectivity index (χ1n) is 6.66. The summed E-state index contributed by atoms with van der Waals surface area (Å²) in [5, 5.41) is 8.72. The van der Waals surface area contributed by atoms with E-state index in [4.69, 9.17) is 5.11 Å². The van der Waals surface area contributed by atoms with Crippen molar-refractivity contribution in [3.8, 4) is 0 Å². The standard InChI is InChI=1S/C14H21NO5S/c1-11(4-3-9-16)15-21(18,19)10-12-5-7-13(8-6-12)14(17)20-2/h5-8,11,15-16H,3-4,9-10H2,1-2H3. The average molecular weight is 315 g/mol. The SMILES string of the molecule is COC(=O)c1ccc(CS(=O)(=O)NC(C)CCCO)cc1. The summed E-state index contributed by atoms with van der Waals surface area (Å²) < 4.78 is 31.1. The van der Waals surface area contributed by atoms with E-state index in [1.54, 1.807) is 19.1 Å². The molecular weight excluding hydrogens is 294 g/mol. The van der Waals surface area contributed by atoms with Crippen molar-refractivity contribution < 1.29 is 23.1 Å². The second-order valence-corrected chi connectivity index (χ2v) is 6.59. The Bertz CT molecular complexity index is 553. The zero-order valence-electron chi connectivity index (χ0n) is 12.2. The van der Waals surface area contributed by atoms with Gasteiger partial charge in [0.05, 0.1) is 18.4 Å². The maximum Gasteiger partial charge on any atom is 0.337 e. The van der Waals surface area contributed by atoms with E-state index in [0.717, 1.165) is 0 Å². The van der Waals surface area contributed by atoms with Crippen molar-refractivity contribution in [1.29, 1.82) is 0 Å². The number of sulfonamides is 1. The summed E-state index contributed by atoms with van der Waals surface area (Å²) >= 11 is 0. The Hall–Kier alpha value is -1.44. The molecular formula is C14H21NO5S. The van der Waals surface area contributed by atoms with Crippen molar-refractivity contribution >= 4 is 16.0 Å². The summed E-state index contributed by atoms with van der Waals surface area (Å²) in [6.45, 7) is 1.80. The molecule has 0 aliphatic heterocycles. The Morgan fingerprint density at radius 2 is 1.95 bits per heavy atom. The molecule has 0 bridgehead atoms. The monoisotopic (exact) mass is 315 g/mol. The number of aliphatic hydroxyl groups is 1. The van der Waals surface area contributed by atoms with Gasteiger partial charge in [-0.2, -0.15) is 0 Å². The van der Waals surface area contributed by atoms with Gasteiger partial charge in [0.1, 0.15) is 0 Å². The van der Waals surface area contributed by atoms with Gasteiger partial charge in [-0.05, 0) is 37.5 Å². The molecule has 0 spiro atoms. The maximum absolute atomic E-state index is 12.0. The molecule has 1 rings (SSSR count). The molecule has 0 aromatic heterocycles. The number of carbonyl (C=O) groups is 1. The highest BCUT2D eigenvalue weighted by Crippen LogP contribution is 2.10. The van der Waals surface area contributed by atoms with Crippen LogP contribution in [0.25, 0.3) is 0 Å². The van der Waals surface area contributed by atoms with E-state index < -0.39 is 16.0 Å². The highest BCUT2D eigenvalue weighted by molar-refractivity contribution is 7.88. The van der Waals surface area contributed by atoms with Gasteiger partial charge in [0.25, 0.3) is 0 Å². The minimum atomic E-state index is -3.45. The first kappa shape index (κ1) is 17.6. The van der Waals surface area contributed by atoms with E-state index in [1.165, 1.54) is 19.2 Å². The molecule has 0 radical (unpaired) electrons. The van der Waals surface area contributed by atoms with Crippen LogP contribution in [-0.4, -0.2) is 39.3 Å². The van der Waals surface area contributed by atoms with Crippen LogP contribution in [0.1, 0.15) is 35.7 Å². The fourth-order valence-corrected chi connectivity index (χ4v) is 3.32. The predicted molar refractivity (Wildman–Crippen MR) is 79.3 cm³/mol. The fourth-order valence-electron chi connectivity index (χ4n) is 1.88. The van der Waals surface area contributed by atoms with Crippen molar-refractivity contribution in [2.75, 3.05) is 13.7 Å². The van der Waals surface area contributed by atoms with Gasteiger partial charge >= 0.3 is 5.97 Å². The van der Waals surface area contributed by atoms with Gasteiger partial charge in [-0.25, -0.2) is 17.9 Å². The average Bonchev–Trinajstić information content (AvgIpc) is 2.44. The number of hydrogen-bond donors (Lipinski definition) is 2. The molecule has 1 aromatic carbocycles. The molecule has 1 atom stereocenters. The lowest BCUT2D eigenvalue weighted by molar-refractivity contribution is 0.0600. The highest BCUT2D eigenvalue weighted by atomic mass is 32.2. The number of hydrogen-bond acceptors (Lipinski definition) is 5. The Balaban J connectivity index is 2.64. The first-order valence-corrected chi connectivity index (χ1v) is 8.31. The van der Waals surface area contributed by atoms with Crippen molar-refractivity contribution in [1.82, 2.24) is 4.72 Å². The molecule has 0 saturated heterocycles. The summed E-state index contributed by atoms with van der Waals surface area (Å²) in [7, 11) is -2.16. The van der Waals surface area contributed by atoms with Gasteiger partial charge < -0.3 is 9.84 Å². The quantitative estimate of drug-likeness (QED) is 0.700. The number of aliphatic hydroxyl groups excluding tert-OH is 1. The maximum atomic E-state index is 12.0. The number of methoxy groups -OCH3 is 1. The van der Waals surface area contributed by atoms with Crippen LogP contribution in [0.4, 0.5) is 0 Å². The number of esters is 1. The molecule has 21 heavy (non-hydrogen) atoms. The van der Waals surface area contributed by atoms with E-state index in [0.29, 0.717) is 24.0 Å². The smallest absolute Gasteiger partial charge is 0.337 e. The number of nitrogens with one attached hydrogen (secondary N) is 1. The van der Waals surface area contributed by atoms with Crippen LogP contribution in [0.5, 0.6) is 0 Å². The van der Waals surface area contributed by atoms with Crippen molar-refractivity contribution in [2.45, 2.75) is 31.6 Å². The minimum Gasteiger partial charge on any atom is -0.465 e. The summed E-state index contributed by atoms with van der Waals surface area (Å²) in [4.78, 5) is 11.3. The van der Waals surface area contributed by atoms with Crippen LogP contribution >= 0.6 is 0 Å². The molecule has 7 heteroatoms. The second-order valence-electron chi connectivity index (χ2n) is 4.83. The third-order valence-electron chi connectivity index (χ3n) is 2.91. The van der Waals surface area contributed by atoms with E-state index in [1.807, 2.05) is 0 Å². The number of ether oxygens (including phenoxy) is 1. The topological polar surface area (TPSA) is 92.7 Å². The highest BCUT2D eigenvalue weighted by Gasteiger charge is 2.15. The van der Waals surface area contributed by atoms with Crippen LogP contribution < -0.4 is 4.72 Å². The summed E-state index contributed by atoms with van der Waals surface area (Å²) in [6, 6.07) is 6.02. The van der Waals surface area contributed by atoms with E-state index >= 15 is 0 Å². The fraction of sp³-hybridized carbons (Fsp3) is 0.500. The molecule has 0 saturated carbocycles. The van der Waals surface area contributed by atoms with Crippen molar-refractivity contribution in [2.24, 2.45) is 0 Å². The normalized spacial score (nSPS) is 12.9. The number of carbonyl (C=O) groups excluding carboxylic acids is 1. The van der Waals surface area contributed by atoms with Crippen LogP contribution in [0.2, 0.25) is 0 Å². The molecule has 6 nitrogen and oxygen atoms in total. The molecule has 0 fully saturated rings. The largest absolute Gasteiger partial charge is 0.465 e. The van der Waals surface area contributed by atoms with Gasteiger partial charge in [-0.1, -0.05) is 12.1 Å². The molecule has 2 N–H and O–H groups in total. The number of rotatable bonds is 8. The third-order valence-corrected chi connectivity index (χ3v) is 4.38. The van der Waals surface area contributed by atoms with Crippen LogP contribution in [0, 0.1) is 0 Å².